The van der Waals surface area contributed by atoms with Crippen molar-refractivity contribution in [2.45, 2.75) is 43.8 Å². The Labute approximate surface area is 200 Å². The van der Waals surface area contributed by atoms with Crippen molar-refractivity contribution in [3.63, 3.8) is 0 Å². The first kappa shape index (κ1) is 28.7. The predicted molar refractivity (Wildman–Crippen MR) is 124 cm³/mol. The Kier molecular flexibility index (Phi) is 12.5. The normalized spacial score (nSPS) is 13.2. The maximum atomic E-state index is 12.7. The van der Waals surface area contributed by atoms with Crippen LogP contribution in [-0.2, 0) is 30.4 Å². The molecule has 8 N–H and O–H groups in total. The van der Waals surface area contributed by atoms with Gasteiger partial charge in [0.15, 0.2) is 0 Å². The lowest BCUT2D eigenvalue weighted by Crippen LogP contribution is -2.54. The number of rotatable bonds is 15. The highest BCUT2D eigenvalue weighted by Gasteiger charge is 2.27. The second-order valence-corrected chi connectivity index (χ2v) is 8.41. The van der Waals surface area contributed by atoms with Gasteiger partial charge in [-0.3, -0.25) is 19.2 Å². The Morgan fingerprint density at radius 2 is 1.62 bits per heavy atom. The van der Waals surface area contributed by atoms with Crippen LogP contribution in [-0.4, -0.2) is 81.7 Å². The maximum Gasteiger partial charge on any atom is 0.326 e. The molecule has 0 saturated carbocycles. The van der Waals surface area contributed by atoms with Crippen LogP contribution in [0.5, 0.6) is 5.75 Å². The number of carbonyl (C=O) groups excluding carboxylic acids is 3. The molecule has 0 fully saturated rings. The number of aliphatic carboxylic acids is 2. The van der Waals surface area contributed by atoms with Gasteiger partial charge in [0, 0.05) is 12.8 Å². The Balaban J connectivity index is 2.77. The van der Waals surface area contributed by atoms with Gasteiger partial charge in [-0.2, -0.15) is 11.8 Å². The number of hydrogen-bond acceptors (Lipinski definition) is 8. The third-order valence-corrected chi connectivity index (χ3v) is 5.33. The van der Waals surface area contributed by atoms with E-state index in [1.807, 2.05) is 6.26 Å². The van der Waals surface area contributed by atoms with Crippen LogP contribution >= 0.6 is 11.8 Å². The molecule has 3 amide bonds. The number of aromatic hydroxyl groups is 1. The van der Waals surface area contributed by atoms with E-state index in [-0.39, 0.29) is 18.6 Å². The molecule has 3 atom stereocenters. The molecule has 34 heavy (non-hydrogen) atoms. The number of phenols is 1. The smallest absolute Gasteiger partial charge is 0.326 e. The molecule has 0 aliphatic carbocycles. The van der Waals surface area contributed by atoms with Crippen LogP contribution in [0.1, 0.15) is 24.8 Å². The summed E-state index contributed by atoms with van der Waals surface area (Å²) in [5.74, 6) is -4.09. The van der Waals surface area contributed by atoms with E-state index >= 15 is 0 Å². The lowest BCUT2D eigenvalue weighted by atomic mass is 10.0. The van der Waals surface area contributed by atoms with Crippen molar-refractivity contribution < 1.29 is 39.3 Å². The molecule has 0 aliphatic heterocycles. The molecule has 3 unspecified atom stereocenters. The van der Waals surface area contributed by atoms with Crippen molar-refractivity contribution in [2.24, 2.45) is 5.73 Å². The largest absolute Gasteiger partial charge is 0.508 e. The summed E-state index contributed by atoms with van der Waals surface area (Å²) in [6.45, 7) is -0.488. The average Bonchev–Trinajstić information content (AvgIpc) is 2.79. The van der Waals surface area contributed by atoms with E-state index in [1.165, 1.54) is 36.0 Å². The molecule has 0 spiro atoms. The van der Waals surface area contributed by atoms with Gasteiger partial charge in [-0.05, 0) is 42.5 Å². The number of carboxylic acid groups (broad SMARTS) is 2. The van der Waals surface area contributed by atoms with Gasteiger partial charge in [0.05, 0.1) is 12.6 Å². The van der Waals surface area contributed by atoms with E-state index in [9.17, 15) is 34.2 Å². The molecule has 0 bridgehead atoms. The number of phenolic OH excluding ortho intramolecular Hbond substituents is 1. The number of carboxylic acids is 2. The fourth-order valence-electron chi connectivity index (χ4n) is 2.80. The molecule has 0 aromatic heterocycles. The van der Waals surface area contributed by atoms with Gasteiger partial charge in [-0.15, -0.1) is 0 Å². The summed E-state index contributed by atoms with van der Waals surface area (Å²) in [6.07, 6.45) is 1.42. The van der Waals surface area contributed by atoms with Crippen molar-refractivity contribution in [1.29, 1.82) is 0 Å². The van der Waals surface area contributed by atoms with Crippen LogP contribution in [0.4, 0.5) is 0 Å². The van der Waals surface area contributed by atoms with Gasteiger partial charge in [-0.25, -0.2) is 4.79 Å². The average molecular weight is 499 g/mol. The van der Waals surface area contributed by atoms with E-state index < -0.39 is 60.8 Å². The minimum absolute atomic E-state index is 0.00610. The number of amides is 3. The Morgan fingerprint density at radius 1 is 0.971 bits per heavy atom. The topological polar surface area (TPSA) is 208 Å². The first-order chi connectivity index (χ1) is 16.0. The lowest BCUT2D eigenvalue weighted by molar-refractivity contribution is -0.143. The molecule has 12 nitrogen and oxygen atoms in total. The lowest BCUT2D eigenvalue weighted by Gasteiger charge is -2.21. The standard InChI is InChI=1S/C21H30N4O8S/c1-34-9-8-14(22)19(30)23-11-17(27)24-15(6-7-18(28)29)20(31)25-16(21(32)33)10-12-2-4-13(26)5-3-12/h2-5,14-16,26H,6-11,22H2,1H3,(H,23,30)(H,24,27)(H,25,31)(H,28,29)(H,32,33). The summed E-state index contributed by atoms with van der Waals surface area (Å²) >= 11 is 1.51. The zero-order valence-corrected chi connectivity index (χ0v) is 19.5. The summed E-state index contributed by atoms with van der Waals surface area (Å²) in [5, 5.41) is 34.7. The predicted octanol–water partition coefficient (Wildman–Crippen LogP) is -0.950. The summed E-state index contributed by atoms with van der Waals surface area (Å²) in [5.41, 5.74) is 6.24. The summed E-state index contributed by atoms with van der Waals surface area (Å²) in [6, 6.07) is 2.22. The second-order valence-electron chi connectivity index (χ2n) is 7.43. The molecule has 0 heterocycles. The van der Waals surface area contributed by atoms with E-state index in [4.69, 9.17) is 10.8 Å². The first-order valence-electron chi connectivity index (χ1n) is 10.4. The third kappa shape index (κ3) is 11.0. The molecule has 1 aromatic carbocycles. The summed E-state index contributed by atoms with van der Waals surface area (Å²) < 4.78 is 0. The zero-order valence-electron chi connectivity index (χ0n) is 18.7. The number of benzene rings is 1. The Bertz CT molecular complexity index is 865. The Morgan fingerprint density at radius 3 is 2.18 bits per heavy atom. The monoisotopic (exact) mass is 498 g/mol. The summed E-state index contributed by atoms with van der Waals surface area (Å²) in [7, 11) is 0. The van der Waals surface area contributed by atoms with Crippen molar-refractivity contribution in [1.82, 2.24) is 16.0 Å². The number of thioether (sulfide) groups is 1. The molecule has 13 heteroatoms. The third-order valence-electron chi connectivity index (χ3n) is 4.68. The van der Waals surface area contributed by atoms with Crippen molar-refractivity contribution in [3.8, 4) is 5.75 Å². The van der Waals surface area contributed by atoms with Crippen molar-refractivity contribution >= 4 is 41.4 Å². The number of nitrogens with one attached hydrogen (secondary N) is 3. The first-order valence-corrected chi connectivity index (χ1v) is 11.8. The Hall–Kier alpha value is -3.32. The molecule has 1 aromatic rings. The molecule has 1 rings (SSSR count). The molecular weight excluding hydrogens is 468 g/mol. The molecular formula is C21H30N4O8S. The van der Waals surface area contributed by atoms with E-state index in [2.05, 4.69) is 16.0 Å². The van der Waals surface area contributed by atoms with Crippen LogP contribution in [0.2, 0.25) is 0 Å². The molecule has 0 aliphatic rings. The minimum Gasteiger partial charge on any atom is -0.508 e. The van der Waals surface area contributed by atoms with Gasteiger partial charge in [0.2, 0.25) is 17.7 Å². The van der Waals surface area contributed by atoms with Crippen molar-refractivity contribution in [3.05, 3.63) is 29.8 Å². The fraction of sp³-hybridized carbons (Fsp3) is 0.476. The minimum atomic E-state index is -1.37. The maximum absolute atomic E-state index is 12.7. The number of carbonyl (C=O) groups is 5. The van der Waals surface area contributed by atoms with E-state index in [0.29, 0.717) is 17.7 Å². The highest BCUT2D eigenvalue weighted by molar-refractivity contribution is 7.98. The van der Waals surface area contributed by atoms with Crippen molar-refractivity contribution in [2.75, 3.05) is 18.6 Å². The van der Waals surface area contributed by atoms with E-state index in [0.717, 1.165) is 0 Å². The number of hydrogen-bond donors (Lipinski definition) is 7. The summed E-state index contributed by atoms with van der Waals surface area (Å²) in [4.78, 5) is 59.5. The molecule has 188 valence electrons. The SMILES string of the molecule is CSCCC(N)C(=O)NCC(=O)NC(CCC(=O)O)C(=O)NC(Cc1ccc(O)cc1)C(=O)O. The van der Waals surface area contributed by atoms with Gasteiger partial charge in [0.25, 0.3) is 0 Å². The van der Waals surface area contributed by atoms with Crippen LogP contribution in [0, 0.1) is 0 Å². The van der Waals surface area contributed by atoms with Crippen LogP contribution < -0.4 is 21.7 Å². The zero-order chi connectivity index (χ0) is 25.7. The number of nitrogens with two attached hydrogens (primary N) is 1. The highest BCUT2D eigenvalue weighted by Crippen LogP contribution is 2.12. The molecule has 0 radical (unpaired) electrons. The second kappa shape index (κ2) is 14.8. The van der Waals surface area contributed by atoms with Gasteiger partial charge in [0.1, 0.15) is 17.8 Å². The van der Waals surface area contributed by atoms with Crippen LogP contribution in [0.25, 0.3) is 0 Å². The van der Waals surface area contributed by atoms with E-state index in [1.54, 1.807) is 0 Å². The highest BCUT2D eigenvalue weighted by atomic mass is 32.2. The van der Waals surface area contributed by atoms with Gasteiger partial charge < -0.3 is 37.0 Å². The van der Waals surface area contributed by atoms with Crippen LogP contribution in [0.15, 0.2) is 24.3 Å². The van der Waals surface area contributed by atoms with Gasteiger partial charge >= 0.3 is 11.9 Å². The quantitative estimate of drug-likeness (QED) is 0.158. The van der Waals surface area contributed by atoms with Gasteiger partial charge in [-0.1, -0.05) is 12.1 Å². The fourth-order valence-corrected chi connectivity index (χ4v) is 3.29. The van der Waals surface area contributed by atoms with Crippen LogP contribution in [0.3, 0.4) is 0 Å². The molecule has 0 saturated heterocycles.